The van der Waals surface area contributed by atoms with E-state index in [9.17, 15) is 62.9 Å². The highest BCUT2D eigenvalue weighted by Gasteiger charge is 2.49. The summed E-state index contributed by atoms with van der Waals surface area (Å²) in [6, 6.07) is 52.9. The van der Waals surface area contributed by atoms with E-state index in [0.29, 0.717) is 108 Å². The third-order valence-electron chi connectivity index (χ3n) is 29.3. The summed E-state index contributed by atoms with van der Waals surface area (Å²) in [4.78, 5) is 9.78. The molecule has 8 fully saturated rings. The largest absolute Gasteiger partial charge is 0.493 e. The van der Waals surface area contributed by atoms with Crippen molar-refractivity contribution in [2.45, 2.75) is 214 Å². The number of nitrogens with zero attached hydrogens (tertiary/aromatic N) is 4. The minimum atomic E-state index is -4.35. The second kappa shape index (κ2) is 42.9. The molecule has 10 atom stereocenters. The number of piperidine rings is 4. The van der Waals surface area contributed by atoms with E-state index in [1.807, 2.05) is 72.8 Å². The van der Waals surface area contributed by atoms with Gasteiger partial charge in [0.05, 0.1) is 60.9 Å². The Bertz CT molecular complexity index is 4750. The predicted molar refractivity (Wildman–Crippen MR) is 483 cm³/mol. The van der Waals surface area contributed by atoms with E-state index in [2.05, 4.69) is 71.6 Å². The van der Waals surface area contributed by atoms with Crippen LogP contribution in [0.2, 0.25) is 20.1 Å². The molecule has 10 nitrogen and oxygen atoms in total. The summed E-state index contributed by atoms with van der Waals surface area (Å²) in [5.41, 5.74) is 2.40. The summed E-state index contributed by atoms with van der Waals surface area (Å²) < 4.78 is 176. The normalized spacial score (nSPS) is 24.0. The number of halogens is 16. The van der Waals surface area contributed by atoms with Gasteiger partial charge in [-0.25, -0.2) is 0 Å². The minimum Gasteiger partial charge on any atom is -0.493 e. The van der Waals surface area contributed by atoms with E-state index in [1.165, 1.54) is 98.2 Å². The first-order valence-electron chi connectivity index (χ1n) is 45.4. The van der Waals surface area contributed by atoms with Crippen molar-refractivity contribution in [3.63, 3.8) is 0 Å². The van der Waals surface area contributed by atoms with Crippen molar-refractivity contribution < 1.29 is 81.8 Å². The fraction of sp³-hybridized carbons (Fsp3) is 0.529. The quantitative estimate of drug-likeness (QED) is 0.0511. The molecule has 696 valence electrons. The van der Waals surface area contributed by atoms with Crippen molar-refractivity contribution in [1.82, 2.24) is 19.6 Å². The molecule has 10 unspecified atom stereocenters. The lowest BCUT2D eigenvalue weighted by atomic mass is 9.61. The molecule has 8 aliphatic rings. The van der Waals surface area contributed by atoms with E-state index in [-0.39, 0.29) is 33.5 Å². The van der Waals surface area contributed by atoms with Gasteiger partial charge in [0.2, 0.25) is 0 Å². The average Bonchev–Trinajstić information content (AvgIpc) is 0.760. The Balaban J connectivity index is 0.000000146. The van der Waals surface area contributed by atoms with Gasteiger partial charge in [-0.15, -0.1) is 0 Å². The number of β-amino-alcohol motifs (C(OH)–C–C–N with tert-alkyl or cyclic N) is 2. The second-order valence-corrected chi connectivity index (χ2v) is 39.4. The molecule has 26 heteroatoms. The van der Waals surface area contributed by atoms with E-state index in [4.69, 9.17) is 65.4 Å². The van der Waals surface area contributed by atoms with Gasteiger partial charge in [0.25, 0.3) is 0 Å². The zero-order chi connectivity index (χ0) is 91.4. The molecule has 8 aromatic rings. The fourth-order valence-electron chi connectivity index (χ4n) is 20.1. The van der Waals surface area contributed by atoms with Gasteiger partial charge < -0.3 is 39.0 Å². The van der Waals surface area contributed by atoms with Crippen LogP contribution in [0.15, 0.2) is 194 Å². The number of aliphatic hydroxyl groups is 2. The van der Waals surface area contributed by atoms with E-state index < -0.39 is 59.2 Å². The maximum Gasteiger partial charge on any atom is 0.416 e. The third kappa shape index (κ3) is 25.5. The Kier molecular flexibility index (Phi) is 33.1. The Morgan fingerprint density at radius 2 is 0.617 bits per heavy atom. The Labute approximate surface area is 766 Å². The Morgan fingerprint density at radius 3 is 0.938 bits per heavy atom. The van der Waals surface area contributed by atoms with E-state index in [1.54, 1.807) is 0 Å². The lowest BCUT2D eigenvalue weighted by molar-refractivity contribution is -0.138. The van der Waals surface area contributed by atoms with Crippen LogP contribution in [0.5, 0.6) is 23.0 Å². The average molecular weight is 1870 g/mol. The molecule has 128 heavy (non-hydrogen) atoms. The van der Waals surface area contributed by atoms with Crippen molar-refractivity contribution in [2.24, 2.45) is 35.5 Å². The van der Waals surface area contributed by atoms with Gasteiger partial charge in [0, 0.05) is 130 Å². The van der Waals surface area contributed by atoms with Crippen LogP contribution >= 0.6 is 46.4 Å². The zero-order valence-corrected chi connectivity index (χ0v) is 76.3. The van der Waals surface area contributed by atoms with Gasteiger partial charge in [-0.05, 0) is 297 Å². The first-order chi connectivity index (χ1) is 60.8. The summed E-state index contributed by atoms with van der Waals surface area (Å²) in [6.45, 7) is 19.7. The van der Waals surface area contributed by atoms with Crippen molar-refractivity contribution >= 4 is 46.4 Å². The highest BCUT2D eigenvalue weighted by molar-refractivity contribution is 6.31. The maximum atomic E-state index is 12.8. The molecule has 8 aromatic carbocycles. The summed E-state index contributed by atoms with van der Waals surface area (Å²) in [5.74, 6) is 4.11. The number of ether oxygens (including phenoxy) is 4. The van der Waals surface area contributed by atoms with Gasteiger partial charge in [0.15, 0.2) is 0 Å². The molecule has 16 rings (SSSR count). The van der Waals surface area contributed by atoms with Crippen molar-refractivity contribution in [3.8, 4) is 23.0 Å². The molecule has 0 bridgehead atoms. The molecule has 2 N–H and O–H groups in total. The number of hydrogen-bond acceptors (Lipinski definition) is 10. The molecular weight excluding hydrogens is 1750 g/mol. The van der Waals surface area contributed by atoms with E-state index in [0.717, 1.165) is 199 Å². The lowest BCUT2D eigenvalue weighted by Gasteiger charge is -2.49. The smallest absolute Gasteiger partial charge is 0.416 e. The molecular formula is C102H120Cl4F12N4O6. The van der Waals surface area contributed by atoms with Gasteiger partial charge in [-0.2, -0.15) is 52.7 Å². The molecule has 4 saturated carbocycles. The molecule has 4 saturated heterocycles. The molecule has 0 radical (unpaired) electrons. The molecule has 4 heterocycles. The molecule has 0 spiro atoms. The predicted octanol–water partition coefficient (Wildman–Crippen LogP) is 26.3. The third-order valence-corrected chi connectivity index (χ3v) is 30.3. The molecule has 4 aliphatic heterocycles. The highest BCUT2D eigenvalue weighted by Crippen LogP contribution is 2.52. The highest BCUT2D eigenvalue weighted by atomic mass is 35.5. The topological polar surface area (TPSA) is 90.3 Å². The number of benzene rings is 8. The molecule has 4 aliphatic carbocycles. The summed E-state index contributed by atoms with van der Waals surface area (Å²) in [6.07, 6.45) is 1.46. The summed E-state index contributed by atoms with van der Waals surface area (Å²) in [7, 11) is 0. The van der Waals surface area contributed by atoms with Crippen LogP contribution in [0.25, 0.3) is 0 Å². The van der Waals surface area contributed by atoms with Gasteiger partial charge in [0.1, 0.15) is 23.0 Å². The summed E-state index contributed by atoms with van der Waals surface area (Å²) in [5, 5.41) is 25.5. The maximum absolute atomic E-state index is 12.8. The SMILES string of the molecule is CC1CCC(COc2ccc(C(F)(F)F)cc2)CN1CC(O)C1(c2ccc(Cl)cc2)CCC1.CC1CCC(COc2ccc(C(F)(F)F)cc2)CN1CC1(c2ccc(Cl)cc2)CCC1.CC1CCN(CC(O)C2(c3ccc(Cl)cc3)CCC2)CC1COc1ccc(C(F)(F)F)cc1.CC1CCN(CC2(c3ccc(Cl)cc3)CCC2)CC1COc1ccc(C(F)(F)F)cc1. The van der Waals surface area contributed by atoms with Crippen LogP contribution in [0, 0.1) is 35.5 Å². The van der Waals surface area contributed by atoms with E-state index >= 15 is 0 Å². The van der Waals surface area contributed by atoms with Crippen LogP contribution in [-0.4, -0.2) is 146 Å². The number of alkyl halides is 12. The first-order valence-corrected chi connectivity index (χ1v) is 46.9. The number of hydrogen-bond donors (Lipinski definition) is 2. The van der Waals surface area contributed by atoms with Gasteiger partial charge in [-0.3, -0.25) is 9.80 Å². The Morgan fingerprint density at radius 1 is 0.328 bits per heavy atom. The second-order valence-electron chi connectivity index (χ2n) is 37.7. The van der Waals surface area contributed by atoms with Crippen LogP contribution in [-0.2, 0) is 46.4 Å². The standard InChI is InChI=1S/2C26H31ClF3NO2.2C25H29ClF3NO/c1-18-11-14-31(15-19(18)17-33-23-9-5-21(6-10-23)26(28,29)30)16-24(32)25(12-2-13-25)20-3-7-22(27)8-4-20;1-18-3-4-19(17-33-23-11-7-21(8-12-23)26(28,29)30)15-31(18)16-24(32)25(13-2-14-25)20-5-9-22(27)10-6-20;1-18-11-14-30(17-24(12-2-13-24)20-3-7-22(26)8-4-20)15-19(18)16-31-23-9-5-21(6-10-23)25(27,28)29;1-18-3-4-19(16-31-23-11-7-21(8-12-23)25(27,28)29)15-30(18)17-24(13-2-14-24)20-5-9-22(26)10-6-20/h3-10,18-19,24,32H,2,11-17H2,1H3;5-12,18-19,24,32H,2-4,13-17H2,1H3;3-10,18-19H,2,11-17H2,1H3;5-12,18-19H,2-4,13-17H2,1H3. The molecule has 0 amide bonds. The van der Waals surface area contributed by atoms with Crippen LogP contribution < -0.4 is 18.9 Å². The fourth-order valence-corrected chi connectivity index (χ4v) is 20.6. The monoisotopic (exact) mass is 1860 g/mol. The molecule has 0 aromatic heterocycles. The van der Waals surface area contributed by atoms with Crippen LogP contribution in [0.3, 0.4) is 0 Å². The number of rotatable bonds is 26. The van der Waals surface area contributed by atoms with Crippen LogP contribution in [0.1, 0.15) is 188 Å². The minimum absolute atomic E-state index is 0.203. The van der Waals surface area contributed by atoms with Crippen molar-refractivity contribution in [2.75, 3.05) is 91.9 Å². The number of likely N-dealkylation sites (tertiary alicyclic amines) is 4. The van der Waals surface area contributed by atoms with Gasteiger partial charge >= 0.3 is 24.7 Å². The van der Waals surface area contributed by atoms with Gasteiger partial charge in [-0.1, -0.05) is 134 Å². The Hall–Kier alpha value is -6.96. The summed E-state index contributed by atoms with van der Waals surface area (Å²) >= 11 is 24.3. The zero-order valence-electron chi connectivity index (χ0n) is 73.2. The first kappa shape index (κ1) is 98.5. The van der Waals surface area contributed by atoms with Crippen molar-refractivity contribution in [1.29, 1.82) is 0 Å². The lowest BCUT2D eigenvalue weighted by Crippen LogP contribution is -2.54. The number of aliphatic hydroxyl groups excluding tert-OH is 2. The van der Waals surface area contributed by atoms with Crippen LogP contribution in [0.4, 0.5) is 52.7 Å². The van der Waals surface area contributed by atoms with Crippen molar-refractivity contribution in [3.05, 3.63) is 259 Å².